The lowest BCUT2D eigenvalue weighted by atomic mass is 10.2. The third-order valence-electron chi connectivity index (χ3n) is 2.33. The predicted molar refractivity (Wildman–Crippen MR) is 64.2 cm³/mol. The Morgan fingerprint density at radius 1 is 1.33 bits per heavy atom. The topological polar surface area (TPSA) is 60.4 Å². The summed E-state index contributed by atoms with van der Waals surface area (Å²) >= 11 is 0. The second-order valence-corrected chi connectivity index (χ2v) is 5.92. The van der Waals surface area contributed by atoms with Crippen molar-refractivity contribution >= 4 is 15.8 Å². The number of ether oxygens (including phenoxy) is 1. The largest absolute Gasteiger partial charge is 0.466 e. The number of carbonyl (C=O) groups is 1. The van der Waals surface area contributed by atoms with Crippen molar-refractivity contribution in [2.24, 2.45) is 5.92 Å². The zero-order valence-corrected chi connectivity index (χ0v) is 11.0. The van der Waals surface area contributed by atoms with E-state index in [1.165, 1.54) is 19.1 Å². The van der Waals surface area contributed by atoms with E-state index in [0.717, 1.165) is 12.1 Å². The SMILES string of the molecule is CCOC(=O)C(C)CS(=O)(=O)c1ccc(F)cc1. The lowest BCUT2D eigenvalue weighted by Gasteiger charge is -2.11. The van der Waals surface area contributed by atoms with Gasteiger partial charge in [-0.1, -0.05) is 6.92 Å². The Hall–Kier alpha value is -1.43. The van der Waals surface area contributed by atoms with Crippen LogP contribution in [-0.2, 0) is 19.4 Å². The van der Waals surface area contributed by atoms with Crippen molar-refractivity contribution in [3.63, 3.8) is 0 Å². The molecule has 18 heavy (non-hydrogen) atoms. The van der Waals surface area contributed by atoms with E-state index < -0.39 is 27.5 Å². The van der Waals surface area contributed by atoms with E-state index in [1.807, 2.05) is 0 Å². The Kier molecular flexibility index (Phi) is 4.84. The number of rotatable bonds is 5. The summed E-state index contributed by atoms with van der Waals surface area (Å²) in [4.78, 5) is 11.4. The van der Waals surface area contributed by atoms with Crippen LogP contribution in [0.1, 0.15) is 13.8 Å². The van der Waals surface area contributed by atoms with Crippen molar-refractivity contribution in [1.82, 2.24) is 0 Å². The lowest BCUT2D eigenvalue weighted by molar-refractivity contribution is -0.146. The lowest BCUT2D eigenvalue weighted by Crippen LogP contribution is -2.23. The minimum atomic E-state index is -3.61. The number of benzene rings is 1. The van der Waals surface area contributed by atoms with Gasteiger partial charge in [-0.05, 0) is 31.2 Å². The number of hydrogen-bond acceptors (Lipinski definition) is 4. The van der Waals surface area contributed by atoms with Crippen molar-refractivity contribution in [3.8, 4) is 0 Å². The highest BCUT2D eigenvalue weighted by atomic mass is 32.2. The molecule has 0 aliphatic carbocycles. The van der Waals surface area contributed by atoms with Gasteiger partial charge in [0.15, 0.2) is 9.84 Å². The molecule has 1 aromatic carbocycles. The van der Waals surface area contributed by atoms with Crippen LogP contribution < -0.4 is 0 Å². The van der Waals surface area contributed by atoms with Crippen LogP contribution in [0.25, 0.3) is 0 Å². The van der Waals surface area contributed by atoms with Gasteiger partial charge < -0.3 is 4.74 Å². The predicted octanol–water partition coefficient (Wildman–Crippen LogP) is 1.80. The Morgan fingerprint density at radius 3 is 2.39 bits per heavy atom. The molecule has 0 aliphatic rings. The minimum Gasteiger partial charge on any atom is -0.466 e. The first-order chi connectivity index (χ1) is 8.36. The van der Waals surface area contributed by atoms with Gasteiger partial charge >= 0.3 is 5.97 Å². The Labute approximate surface area is 106 Å². The van der Waals surface area contributed by atoms with Gasteiger partial charge in [0.1, 0.15) is 5.82 Å². The summed E-state index contributed by atoms with van der Waals surface area (Å²) in [6, 6.07) is 4.51. The maximum atomic E-state index is 12.7. The molecule has 1 aromatic rings. The molecule has 100 valence electrons. The molecule has 0 spiro atoms. The van der Waals surface area contributed by atoms with E-state index in [-0.39, 0.29) is 17.3 Å². The van der Waals surface area contributed by atoms with Gasteiger partial charge in [0, 0.05) is 0 Å². The third-order valence-corrected chi connectivity index (χ3v) is 4.26. The number of hydrogen-bond donors (Lipinski definition) is 0. The normalized spacial score (nSPS) is 13.1. The molecule has 0 saturated heterocycles. The second kappa shape index (κ2) is 5.95. The maximum absolute atomic E-state index is 12.7. The van der Waals surface area contributed by atoms with Crippen LogP contribution >= 0.6 is 0 Å². The molecule has 0 bridgehead atoms. The van der Waals surface area contributed by atoms with Gasteiger partial charge in [-0.15, -0.1) is 0 Å². The third kappa shape index (κ3) is 3.80. The fourth-order valence-electron chi connectivity index (χ4n) is 1.42. The molecule has 0 amide bonds. The van der Waals surface area contributed by atoms with Crippen molar-refractivity contribution in [2.75, 3.05) is 12.4 Å². The quantitative estimate of drug-likeness (QED) is 0.607. The molecule has 1 rings (SSSR count). The summed E-state index contributed by atoms with van der Waals surface area (Å²) < 4.78 is 41.3. The molecule has 0 fully saturated rings. The first-order valence-corrected chi connectivity index (χ1v) is 7.17. The van der Waals surface area contributed by atoms with Crippen molar-refractivity contribution in [1.29, 1.82) is 0 Å². The molecular weight excluding hydrogens is 259 g/mol. The minimum absolute atomic E-state index is 0.0000449. The monoisotopic (exact) mass is 274 g/mol. The van der Waals surface area contributed by atoms with Crippen LogP contribution in [0.2, 0.25) is 0 Å². The van der Waals surface area contributed by atoms with Crippen LogP contribution in [0, 0.1) is 11.7 Å². The van der Waals surface area contributed by atoms with Gasteiger partial charge in [-0.3, -0.25) is 4.79 Å². The summed E-state index contributed by atoms with van der Waals surface area (Å²) in [5, 5.41) is 0. The number of esters is 1. The van der Waals surface area contributed by atoms with Crippen molar-refractivity contribution in [2.45, 2.75) is 18.7 Å². The van der Waals surface area contributed by atoms with E-state index in [0.29, 0.717) is 0 Å². The van der Waals surface area contributed by atoms with E-state index in [2.05, 4.69) is 0 Å². The van der Waals surface area contributed by atoms with E-state index in [9.17, 15) is 17.6 Å². The molecule has 0 N–H and O–H groups in total. The van der Waals surface area contributed by atoms with Crippen LogP contribution in [0.15, 0.2) is 29.2 Å². The summed E-state index contributed by atoms with van der Waals surface area (Å²) in [5.41, 5.74) is 0. The molecule has 0 saturated carbocycles. The zero-order chi connectivity index (χ0) is 13.8. The second-order valence-electron chi connectivity index (χ2n) is 3.89. The fourth-order valence-corrected chi connectivity index (χ4v) is 2.96. The van der Waals surface area contributed by atoms with Crippen molar-refractivity contribution in [3.05, 3.63) is 30.1 Å². The summed E-state index contributed by atoms with van der Waals surface area (Å²) in [6.07, 6.45) is 0. The summed E-state index contributed by atoms with van der Waals surface area (Å²) in [6.45, 7) is 3.35. The number of halogens is 1. The molecule has 0 aromatic heterocycles. The Balaban J connectivity index is 2.82. The van der Waals surface area contributed by atoms with E-state index >= 15 is 0 Å². The van der Waals surface area contributed by atoms with Crippen LogP contribution in [0.5, 0.6) is 0 Å². The summed E-state index contributed by atoms with van der Waals surface area (Å²) in [5.74, 6) is -2.16. The van der Waals surface area contributed by atoms with Crippen molar-refractivity contribution < 1.29 is 22.3 Å². The molecule has 6 heteroatoms. The first-order valence-electron chi connectivity index (χ1n) is 5.51. The summed E-state index contributed by atoms with van der Waals surface area (Å²) in [7, 11) is -3.61. The molecular formula is C12H15FO4S. The van der Waals surface area contributed by atoms with Gasteiger partial charge in [-0.2, -0.15) is 0 Å². The van der Waals surface area contributed by atoms with Gasteiger partial charge in [0.25, 0.3) is 0 Å². The van der Waals surface area contributed by atoms with Gasteiger partial charge in [0.2, 0.25) is 0 Å². The Bertz CT molecular complexity index is 507. The highest BCUT2D eigenvalue weighted by Crippen LogP contribution is 2.15. The highest BCUT2D eigenvalue weighted by Gasteiger charge is 2.24. The average Bonchev–Trinajstić information content (AvgIpc) is 2.29. The van der Waals surface area contributed by atoms with Crippen LogP contribution in [0.4, 0.5) is 4.39 Å². The standard InChI is InChI=1S/C12H15FO4S/c1-3-17-12(14)9(2)8-18(15,16)11-6-4-10(13)5-7-11/h4-7,9H,3,8H2,1-2H3. The highest BCUT2D eigenvalue weighted by molar-refractivity contribution is 7.91. The molecule has 0 heterocycles. The van der Waals surface area contributed by atoms with Crippen LogP contribution in [-0.4, -0.2) is 26.7 Å². The molecule has 0 radical (unpaired) electrons. The first kappa shape index (κ1) is 14.6. The number of sulfone groups is 1. The molecule has 0 aliphatic heterocycles. The fraction of sp³-hybridized carbons (Fsp3) is 0.417. The molecule has 4 nitrogen and oxygen atoms in total. The van der Waals surface area contributed by atoms with E-state index in [1.54, 1.807) is 6.92 Å². The van der Waals surface area contributed by atoms with Gasteiger partial charge in [-0.25, -0.2) is 12.8 Å². The zero-order valence-electron chi connectivity index (χ0n) is 10.2. The smallest absolute Gasteiger partial charge is 0.309 e. The molecule has 1 unspecified atom stereocenters. The van der Waals surface area contributed by atoms with Crippen LogP contribution in [0.3, 0.4) is 0 Å². The van der Waals surface area contributed by atoms with E-state index in [4.69, 9.17) is 4.74 Å². The maximum Gasteiger partial charge on any atom is 0.309 e. The Morgan fingerprint density at radius 2 is 1.89 bits per heavy atom. The van der Waals surface area contributed by atoms with Gasteiger partial charge in [0.05, 0.1) is 23.2 Å². The number of carbonyl (C=O) groups excluding carboxylic acids is 1. The average molecular weight is 274 g/mol. The molecule has 1 atom stereocenters.